The van der Waals surface area contributed by atoms with Crippen molar-refractivity contribution in [1.82, 2.24) is 15.0 Å². The third-order valence-corrected chi connectivity index (χ3v) is 6.91. The summed E-state index contributed by atoms with van der Waals surface area (Å²) in [7, 11) is 0. The number of hydrogen-bond donors (Lipinski definition) is 1. The number of nitrogens with zero attached hydrogens (tertiary/aromatic N) is 3. The number of carboxylic acid groups (broad SMARTS) is 1. The zero-order valence-electron chi connectivity index (χ0n) is 20.7. The molecule has 1 aliphatic heterocycles. The predicted octanol–water partition coefficient (Wildman–Crippen LogP) is 6.86. The maximum atomic E-state index is 11.1. The summed E-state index contributed by atoms with van der Waals surface area (Å²) >= 11 is 6.47. The van der Waals surface area contributed by atoms with E-state index in [0.717, 1.165) is 48.3 Å². The average Bonchev–Trinajstić information content (AvgIpc) is 3.32. The third-order valence-electron chi connectivity index (χ3n) is 6.56. The molecule has 2 heterocycles. The number of piperidine rings is 1. The van der Waals surface area contributed by atoms with Gasteiger partial charge in [-0.1, -0.05) is 67.0 Å². The Bertz CT molecular complexity index is 1200. The van der Waals surface area contributed by atoms with Crippen molar-refractivity contribution < 1.29 is 19.2 Å². The molecule has 0 atom stereocenters. The fourth-order valence-corrected chi connectivity index (χ4v) is 4.93. The van der Waals surface area contributed by atoms with Gasteiger partial charge in [0, 0.05) is 55.0 Å². The van der Waals surface area contributed by atoms with Crippen LogP contribution in [-0.2, 0) is 17.7 Å². The maximum Gasteiger partial charge on any atom is 0.506 e. The van der Waals surface area contributed by atoms with Crippen molar-refractivity contribution in [2.24, 2.45) is 5.92 Å². The highest BCUT2D eigenvalue weighted by atomic mass is 35.5. The SMILES string of the molecule is C=CCC1(OC(=O)O)CCN(Cc2ccc(-c3noc(-c4ccc(CC(C)C)c(Cl)c4)n3)cc2)CC1. The zero-order chi connectivity index (χ0) is 25.7. The Hall–Kier alpha value is -3.16. The number of likely N-dealkylation sites (tertiary alicyclic amines) is 1. The lowest BCUT2D eigenvalue weighted by Crippen LogP contribution is -2.46. The smallest absolute Gasteiger partial charge is 0.450 e. The van der Waals surface area contributed by atoms with Crippen molar-refractivity contribution in [3.63, 3.8) is 0 Å². The molecule has 1 fully saturated rings. The normalized spacial score (nSPS) is 15.7. The molecule has 0 radical (unpaired) electrons. The Morgan fingerprint density at radius 3 is 2.53 bits per heavy atom. The highest BCUT2D eigenvalue weighted by molar-refractivity contribution is 6.31. The van der Waals surface area contributed by atoms with Gasteiger partial charge in [0.2, 0.25) is 5.82 Å². The van der Waals surface area contributed by atoms with Gasteiger partial charge in [0.25, 0.3) is 5.89 Å². The Morgan fingerprint density at radius 2 is 1.92 bits per heavy atom. The second-order valence-corrected chi connectivity index (χ2v) is 10.3. The van der Waals surface area contributed by atoms with Crippen LogP contribution in [0.15, 0.2) is 59.6 Å². The van der Waals surface area contributed by atoms with Gasteiger partial charge in [-0.15, -0.1) is 6.58 Å². The Kier molecular flexibility index (Phi) is 8.11. The number of benzene rings is 2. The first-order chi connectivity index (χ1) is 17.3. The van der Waals surface area contributed by atoms with Crippen LogP contribution in [0.5, 0.6) is 0 Å². The number of aromatic nitrogens is 2. The van der Waals surface area contributed by atoms with E-state index in [1.807, 2.05) is 30.3 Å². The molecule has 1 aromatic heterocycles. The lowest BCUT2D eigenvalue weighted by Gasteiger charge is -2.40. The third kappa shape index (κ3) is 6.33. The first-order valence-corrected chi connectivity index (χ1v) is 12.6. The summed E-state index contributed by atoms with van der Waals surface area (Å²) in [6, 6.07) is 14.0. The van der Waals surface area contributed by atoms with Crippen LogP contribution in [-0.4, -0.2) is 45.0 Å². The lowest BCUT2D eigenvalue weighted by molar-refractivity contribution is -0.0554. The summed E-state index contributed by atoms with van der Waals surface area (Å²) in [5, 5.41) is 14.0. The molecule has 3 aromatic rings. The molecule has 1 aliphatic rings. The number of ether oxygens (including phenoxy) is 1. The van der Waals surface area contributed by atoms with Crippen LogP contribution in [0, 0.1) is 5.92 Å². The molecule has 36 heavy (non-hydrogen) atoms. The van der Waals surface area contributed by atoms with Crippen LogP contribution in [0.3, 0.4) is 0 Å². The fourth-order valence-electron chi connectivity index (χ4n) is 4.68. The monoisotopic (exact) mass is 509 g/mol. The molecule has 0 spiro atoms. The first-order valence-electron chi connectivity index (χ1n) is 12.2. The molecule has 0 amide bonds. The van der Waals surface area contributed by atoms with E-state index in [1.165, 1.54) is 0 Å². The lowest BCUT2D eigenvalue weighted by atomic mass is 9.87. The number of carbonyl (C=O) groups is 1. The molecule has 8 heteroatoms. The van der Waals surface area contributed by atoms with E-state index < -0.39 is 11.8 Å². The van der Waals surface area contributed by atoms with Crippen LogP contribution in [0.2, 0.25) is 5.02 Å². The van der Waals surface area contributed by atoms with Gasteiger partial charge in [-0.2, -0.15) is 4.98 Å². The van der Waals surface area contributed by atoms with E-state index >= 15 is 0 Å². The van der Waals surface area contributed by atoms with Crippen molar-refractivity contribution in [1.29, 1.82) is 0 Å². The van der Waals surface area contributed by atoms with Gasteiger partial charge in [-0.05, 0) is 35.6 Å². The van der Waals surface area contributed by atoms with Crippen LogP contribution in [0.1, 0.15) is 44.2 Å². The van der Waals surface area contributed by atoms with Gasteiger partial charge in [-0.3, -0.25) is 4.90 Å². The second kappa shape index (κ2) is 11.3. The van der Waals surface area contributed by atoms with Gasteiger partial charge in [0.1, 0.15) is 5.60 Å². The number of halogens is 1. The van der Waals surface area contributed by atoms with Gasteiger partial charge in [0.05, 0.1) is 0 Å². The highest BCUT2D eigenvalue weighted by Crippen LogP contribution is 2.32. The second-order valence-electron chi connectivity index (χ2n) is 9.84. The predicted molar refractivity (Wildman–Crippen MR) is 140 cm³/mol. The fraction of sp³-hybridized carbons (Fsp3) is 0.393. The number of rotatable bonds is 9. The molecule has 1 saturated heterocycles. The van der Waals surface area contributed by atoms with E-state index in [-0.39, 0.29) is 0 Å². The largest absolute Gasteiger partial charge is 0.506 e. The molecule has 0 unspecified atom stereocenters. The van der Waals surface area contributed by atoms with Crippen molar-refractivity contribution in [3.8, 4) is 22.8 Å². The summed E-state index contributed by atoms with van der Waals surface area (Å²) < 4.78 is 10.7. The highest BCUT2D eigenvalue weighted by Gasteiger charge is 2.37. The quantitative estimate of drug-likeness (QED) is 0.249. The van der Waals surface area contributed by atoms with Crippen LogP contribution < -0.4 is 0 Å². The van der Waals surface area contributed by atoms with Gasteiger partial charge < -0.3 is 14.4 Å². The summed E-state index contributed by atoms with van der Waals surface area (Å²) in [5.74, 6) is 1.49. The molecule has 2 aromatic carbocycles. The average molecular weight is 510 g/mol. The summed E-state index contributed by atoms with van der Waals surface area (Å²) in [4.78, 5) is 18.0. The Balaban J connectivity index is 1.38. The van der Waals surface area contributed by atoms with Crippen LogP contribution in [0.4, 0.5) is 4.79 Å². The molecule has 7 nitrogen and oxygen atoms in total. The topological polar surface area (TPSA) is 88.7 Å². The minimum absolute atomic E-state index is 0.437. The van der Waals surface area contributed by atoms with Crippen molar-refractivity contribution in [2.45, 2.75) is 51.7 Å². The van der Waals surface area contributed by atoms with Crippen molar-refractivity contribution >= 4 is 17.8 Å². The Labute approximate surface area is 216 Å². The molecule has 0 bridgehead atoms. The standard InChI is InChI=1S/C28H32ClN3O4/c1-4-11-28(35-27(33)34)12-14-32(15-13-28)18-20-5-7-21(8-6-20)25-30-26(36-31-25)23-10-9-22(16-19(2)3)24(29)17-23/h4-10,17,19H,1,11-16,18H2,2-3H3,(H,33,34). The van der Waals surface area contributed by atoms with E-state index in [4.69, 9.17) is 26.0 Å². The van der Waals surface area contributed by atoms with Gasteiger partial charge in [0.15, 0.2) is 0 Å². The van der Waals surface area contributed by atoms with Crippen molar-refractivity contribution in [2.75, 3.05) is 13.1 Å². The van der Waals surface area contributed by atoms with E-state index in [9.17, 15) is 4.79 Å². The maximum absolute atomic E-state index is 11.1. The molecule has 4 rings (SSSR count). The number of hydrogen-bond acceptors (Lipinski definition) is 6. The minimum atomic E-state index is -1.23. The molecule has 0 aliphatic carbocycles. The zero-order valence-corrected chi connectivity index (χ0v) is 21.5. The molecule has 0 saturated carbocycles. The van der Waals surface area contributed by atoms with Crippen LogP contribution in [0.25, 0.3) is 22.8 Å². The van der Waals surface area contributed by atoms with Gasteiger partial charge in [-0.25, -0.2) is 4.79 Å². The van der Waals surface area contributed by atoms with Crippen LogP contribution >= 0.6 is 11.6 Å². The van der Waals surface area contributed by atoms with Gasteiger partial charge >= 0.3 is 6.16 Å². The molecule has 190 valence electrons. The first kappa shape index (κ1) is 25.9. The van der Waals surface area contributed by atoms with Crippen molar-refractivity contribution in [3.05, 3.63) is 71.3 Å². The van der Waals surface area contributed by atoms with E-state index in [1.54, 1.807) is 6.08 Å². The van der Waals surface area contributed by atoms with E-state index in [2.05, 4.69) is 47.6 Å². The van der Waals surface area contributed by atoms with E-state index in [0.29, 0.717) is 41.9 Å². The molecular formula is C28H32ClN3O4. The Morgan fingerprint density at radius 1 is 1.22 bits per heavy atom. The summed E-state index contributed by atoms with van der Waals surface area (Å²) in [5.41, 5.74) is 3.27. The minimum Gasteiger partial charge on any atom is -0.450 e. The summed E-state index contributed by atoms with van der Waals surface area (Å²) in [6.07, 6.45) is 3.26. The molecule has 1 N–H and O–H groups in total. The molecular weight excluding hydrogens is 478 g/mol. The summed E-state index contributed by atoms with van der Waals surface area (Å²) in [6.45, 7) is 10.4.